The van der Waals surface area contributed by atoms with Crippen molar-refractivity contribution in [1.29, 1.82) is 5.53 Å². The highest BCUT2D eigenvalue weighted by Crippen LogP contribution is 2.15. The quantitative estimate of drug-likeness (QED) is 0.551. The Morgan fingerprint density at radius 1 is 1.45 bits per heavy atom. The average molecular weight is 302 g/mol. The SMILES string of the molecule is CC(=O)NC/C(=C/[NH2+]c1ccc(-n2cccc2)c(F)c1)N=N. The number of quaternary nitrogens is 1. The van der Waals surface area contributed by atoms with Crippen molar-refractivity contribution in [2.75, 3.05) is 6.54 Å². The number of rotatable bonds is 6. The molecule has 0 atom stereocenters. The standard InChI is InChI=1S/C15H16FN5O/c1-11(22)18-9-13(20-17)10-19-12-4-5-15(14(16)8-12)21-6-2-3-7-21/h2-8,10,17,19H,9H2,1H3,(H,18,22)/p+1/b13-10-,20-17?. The Morgan fingerprint density at radius 2 is 2.18 bits per heavy atom. The highest BCUT2D eigenvalue weighted by atomic mass is 19.1. The van der Waals surface area contributed by atoms with Crippen molar-refractivity contribution in [2.24, 2.45) is 5.11 Å². The van der Waals surface area contributed by atoms with E-state index in [0.29, 0.717) is 17.1 Å². The van der Waals surface area contributed by atoms with Gasteiger partial charge in [-0.3, -0.25) is 10.1 Å². The molecule has 1 heterocycles. The first-order valence-electron chi connectivity index (χ1n) is 6.69. The number of hydrogen-bond acceptors (Lipinski definition) is 3. The minimum atomic E-state index is -0.343. The second-order valence-corrected chi connectivity index (χ2v) is 4.65. The largest absolute Gasteiger partial charge is 0.350 e. The molecule has 0 aliphatic carbocycles. The molecule has 0 spiro atoms. The monoisotopic (exact) mass is 302 g/mol. The maximum absolute atomic E-state index is 14.1. The van der Waals surface area contributed by atoms with Crippen LogP contribution in [0.5, 0.6) is 0 Å². The summed E-state index contributed by atoms with van der Waals surface area (Å²) in [5, 5.41) is 7.53. The fourth-order valence-electron chi connectivity index (χ4n) is 1.87. The number of carbonyl (C=O) groups excluding carboxylic acids is 1. The third-order valence-electron chi connectivity index (χ3n) is 2.98. The molecular formula is C15H17FN5O+. The molecule has 0 bridgehead atoms. The summed E-state index contributed by atoms with van der Waals surface area (Å²) >= 11 is 0. The van der Waals surface area contributed by atoms with Crippen molar-refractivity contribution in [1.82, 2.24) is 9.88 Å². The Morgan fingerprint density at radius 3 is 2.77 bits per heavy atom. The summed E-state index contributed by atoms with van der Waals surface area (Å²) in [6.07, 6.45) is 5.12. The third kappa shape index (κ3) is 4.10. The fraction of sp³-hybridized carbons (Fsp3) is 0.133. The van der Waals surface area contributed by atoms with E-state index in [-0.39, 0.29) is 18.3 Å². The number of aromatic nitrogens is 1. The molecule has 2 rings (SSSR count). The summed E-state index contributed by atoms with van der Waals surface area (Å²) in [7, 11) is 0. The minimum absolute atomic E-state index is 0.166. The van der Waals surface area contributed by atoms with Crippen molar-refractivity contribution in [2.45, 2.75) is 6.92 Å². The number of nitrogens with one attached hydrogen (secondary N) is 2. The lowest BCUT2D eigenvalue weighted by molar-refractivity contribution is -0.497. The zero-order valence-corrected chi connectivity index (χ0v) is 12.1. The molecule has 114 valence electrons. The number of halogens is 1. The van der Waals surface area contributed by atoms with E-state index < -0.39 is 0 Å². The number of nitrogens with two attached hydrogens (primary N) is 1. The van der Waals surface area contributed by atoms with Gasteiger partial charge in [-0.25, -0.2) is 9.92 Å². The predicted molar refractivity (Wildman–Crippen MR) is 79.2 cm³/mol. The van der Waals surface area contributed by atoms with Crippen LogP contribution in [-0.2, 0) is 4.79 Å². The van der Waals surface area contributed by atoms with Gasteiger partial charge < -0.3 is 9.88 Å². The van der Waals surface area contributed by atoms with Crippen molar-refractivity contribution < 1.29 is 14.5 Å². The summed E-state index contributed by atoms with van der Waals surface area (Å²) in [5.74, 6) is -0.541. The van der Waals surface area contributed by atoms with Gasteiger partial charge in [0.25, 0.3) is 0 Å². The van der Waals surface area contributed by atoms with E-state index in [1.165, 1.54) is 13.0 Å². The minimum Gasteiger partial charge on any atom is -0.350 e. The first-order chi connectivity index (χ1) is 10.6. The Hall–Kier alpha value is -2.80. The molecule has 4 N–H and O–H groups in total. The third-order valence-corrected chi connectivity index (χ3v) is 2.98. The molecule has 1 aromatic heterocycles. The molecule has 1 amide bonds. The molecule has 0 aliphatic heterocycles. The van der Waals surface area contributed by atoms with Crippen molar-refractivity contribution in [3.05, 3.63) is 60.4 Å². The first kappa shape index (κ1) is 15.6. The highest BCUT2D eigenvalue weighted by Gasteiger charge is 2.07. The van der Waals surface area contributed by atoms with Crippen LogP contribution in [0.1, 0.15) is 6.92 Å². The molecule has 6 nitrogen and oxygen atoms in total. The zero-order valence-electron chi connectivity index (χ0n) is 12.1. The number of nitrogens with zero attached hydrogens (tertiary/aromatic N) is 2. The van der Waals surface area contributed by atoms with Crippen LogP contribution in [0.3, 0.4) is 0 Å². The van der Waals surface area contributed by atoms with E-state index in [0.717, 1.165) is 0 Å². The van der Waals surface area contributed by atoms with Crippen LogP contribution in [0.15, 0.2) is 59.7 Å². The van der Waals surface area contributed by atoms with Crippen molar-refractivity contribution >= 4 is 11.6 Å². The van der Waals surface area contributed by atoms with Gasteiger partial charge in [-0.2, -0.15) is 5.11 Å². The van der Waals surface area contributed by atoms with E-state index in [1.54, 1.807) is 40.6 Å². The van der Waals surface area contributed by atoms with Gasteiger partial charge in [-0.1, -0.05) is 0 Å². The molecule has 1 aromatic carbocycles. The number of benzene rings is 1. The van der Waals surface area contributed by atoms with Gasteiger partial charge in [-0.15, -0.1) is 0 Å². The summed E-state index contributed by atoms with van der Waals surface area (Å²) in [6.45, 7) is 1.56. The van der Waals surface area contributed by atoms with Crippen LogP contribution in [0.4, 0.5) is 10.1 Å². The van der Waals surface area contributed by atoms with Gasteiger partial charge in [0, 0.05) is 31.5 Å². The van der Waals surface area contributed by atoms with E-state index in [1.807, 2.05) is 12.1 Å². The second-order valence-electron chi connectivity index (χ2n) is 4.65. The second kappa shape index (κ2) is 7.28. The van der Waals surface area contributed by atoms with E-state index in [9.17, 15) is 9.18 Å². The van der Waals surface area contributed by atoms with Crippen LogP contribution in [0.25, 0.3) is 5.69 Å². The van der Waals surface area contributed by atoms with Gasteiger partial charge in [0.05, 0.1) is 12.2 Å². The maximum Gasteiger partial charge on any atom is 0.217 e. The van der Waals surface area contributed by atoms with Gasteiger partial charge in [0.15, 0.2) is 5.82 Å². The maximum atomic E-state index is 14.1. The fourth-order valence-corrected chi connectivity index (χ4v) is 1.87. The van der Waals surface area contributed by atoms with Crippen LogP contribution < -0.4 is 10.6 Å². The van der Waals surface area contributed by atoms with Crippen molar-refractivity contribution in [3.8, 4) is 5.69 Å². The number of carbonyl (C=O) groups is 1. The van der Waals surface area contributed by atoms with Crippen LogP contribution in [-0.4, -0.2) is 17.0 Å². The normalized spacial score (nSPS) is 11.3. The van der Waals surface area contributed by atoms with Crippen LogP contribution in [0, 0.1) is 11.3 Å². The highest BCUT2D eigenvalue weighted by molar-refractivity contribution is 5.73. The molecule has 0 saturated carbocycles. The van der Waals surface area contributed by atoms with Gasteiger partial charge in [0.1, 0.15) is 17.6 Å². The Balaban J connectivity index is 2.08. The van der Waals surface area contributed by atoms with Crippen LogP contribution >= 0.6 is 0 Å². The molecule has 22 heavy (non-hydrogen) atoms. The Labute approximate surface area is 127 Å². The first-order valence-corrected chi connectivity index (χ1v) is 6.69. The molecule has 0 radical (unpaired) electrons. The molecule has 0 saturated heterocycles. The van der Waals surface area contributed by atoms with Gasteiger partial charge in [0.2, 0.25) is 5.91 Å². The predicted octanol–water partition coefficient (Wildman–Crippen LogP) is 1.82. The summed E-state index contributed by atoms with van der Waals surface area (Å²) in [4.78, 5) is 10.8. The number of amides is 1. The topological polar surface area (TPSA) is 86.8 Å². The molecule has 7 heteroatoms. The Kier molecular flexibility index (Phi) is 5.16. The zero-order chi connectivity index (χ0) is 15.9. The number of hydrogen-bond donors (Lipinski definition) is 3. The smallest absolute Gasteiger partial charge is 0.217 e. The summed E-state index contributed by atoms with van der Waals surface area (Å²) in [6, 6.07) is 8.51. The summed E-state index contributed by atoms with van der Waals surface area (Å²) in [5.41, 5.74) is 8.55. The molecule has 0 unspecified atom stereocenters. The van der Waals surface area contributed by atoms with Crippen molar-refractivity contribution in [3.63, 3.8) is 0 Å². The lowest BCUT2D eigenvalue weighted by atomic mass is 10.2. The van der Waals surface area contributed by atoms with E-state index >= 15 is 0 Å². The van der Waals surface area contributed by atoms with E-state index in [2.05, 4.69) is 10.4 Å². The van der Waals surface area contributed by atoms with Crippen LogP contribution in [0.2, 0.25) is 0 Å². The summed E-state index contributed by atoms with van der Waals surface area (Å²) < 4.78 is 15.8. The molecular weight excluding hydrogens is 285 g/mol. The van der Waals surface area contributed by atoms with E-state index in [4.69, 9.17) is 5.53 Å². The van der Waals surface area contributed by atoms with Gasteiger partial charge >= 0.3 is 0 Å². The molecule has 0 fully saturated rings. The van der Waals surface area contributed by atoms with Gasteiger partial charge in [-0.05, 0) is 18.2 Å². The average Bonchev–Trinajstić information content (AvgIpc) is 3.01. The molecule has 2 aromatic rings. The molecule has 0 aliphatic rings. The lowest BCUT2D eigenvalue weighted by Gasteiger charge is -2.05. The Bertz CT molecular complexity index is 694. The lowest BCUT2D eigenvalue weighted by Crippen LogP contribution is -2.71.